The second-order valence-electron chi connectivity index (χ2n) is 5.43. The van der Waals surface area contributed by atoms with E-state index in [1.54, 1.807) is 0 Å². The van der Waals surface area contributed by atoms with Crippen LogP contribution in [0.4, 0.5) is 5.82 Å². The van der Waals surface area contributed by atoms with Crippen LogP contribution in [0.25, 0.3) is 28.1 Å². The largest absolute Gasteiger partial charge is 0.369 e. The predicted octanol–water partition coefficient (Wildman–Crippen LogP) is 3.77. The first-order valence-electron chi connectivity index (χ1n) is 7.81. The Morgan fingerprint density at radius 3 is 2.57 bits per heavy atom. The highest BCUT2D eigenvalue weighted by Gasteiger charge is 2.14. The Morgan fingerprint density at radius 1 is 0.957 bits per heavy atom. The number of para-hydroxylation sites is 1. The molecule has 23 heavy (non-hydrogen) atoms. The lowest BCUT2D eigenvalue weighted by atomic mass is 10.2. The maximum atomic E-state index is 4.67. The SMILES string of the molecule is CCCNc1nc2nnc(-c3ccccc3)n2c2ccccc12. The highest BCUT2D eigenvalue weighted by Crippen LogP contribution is 2.26. The molecule has 2 aromatic heterocycles. The number of hydrogen-bond donors (Lipinski definition) is 1. The molecule has 0 radical (unpaired) electrons. The molecule has 0 unspecified atom stereocenters. The average molecular weight is 303 g/mol. The first-order chi connectivity index (χ1) is 11.4. The third-order valence-electron chi connectivity index (χ3n) is 3.83. The lowest BCUT2D eigenvalue weighted by Gasteiger charge is -2.10. The molecule has 0 fully saturated rings. The minimum Gasteiger partial charge on any atom is -0.369 e. The molecule has 4 aromatic rings. The highest BCUT2D eigenvalue weighted by atomic mass is 15.3. The zero-order valence-electron chi connectivity index (χ0n) is 12.9. The summed E-state index contributed by atoms with van der Waals surface area (Å²) >= 11 is 0. The van der Waals surface area contributed by atoms with Gasteiger partial charge in [0.2, 0.25) is 0 Å². The number of nitrogens with zero attached hydrogens (tertiary/aromatic N) is 4. The fourth-order valence-electron chi connectivity index (χ4n) is 2.75. The van der Waals surface area contributed by atoms with E-state index in [1.165, 1.54) is 0 Å². The zero-order chi connectivity index (χ0) is 15.6. The van der Waals surface area contributed by atoms with Gasteiger partial charge in [0, 0.05) is 17.5 Å². The average Bonchev–Trinajstić information content (AvgIpc) is 3.04. The number of benzene rings is 2. The number of aromatic nitrogens is 4. The third-order valence-corrected chi connectivity index (χ3v) is 3.83. The van der Waals surface area contributed by atoms with Gasteiger partial charge in [0.1, 0.15) is 5.82 Å². The van der Waals surface area contributed by atoms with Gasteiger partial charge >= 0.3 is 0 Å². The van der Waals surface area contributed by atoms with E-state index >= 15 is 0 Å². The molecule has 0 aliphatic rings. The summed E-state index contributed by atoms with van der Waals surface area (Å²) in [6.45, 7) is 3.02. The van der Waals surface area contributed by atoms with Gasteiger partial charge in [-0.15, -0.1) is 10.2 Å². The normalized spacial score (nSPS) is 11.2. The van der Waals surface area contributed by atoms with Crippen molar-refractivity contribution in [1.82, 2.24) is 19.6 Å². The topological polar surface area (TPSA) is 55.1 Å². The van der Waals surface area contributed by atoms with E-state index in [2.05, 4.69) is 39.6 Å². The van der Waals surface area contributed by atoms with Crippen LogP contribution in [-0.4, -0.2) is 26.1 Å². The minimum atomic E-state index is 0.612. The number of anilines is 1. The van der Waals surface area contributed by atoms with Gasteiger partial charge in [0.15, 0.2) is 5.82 Å². The summed E-state index contributed by atoms with van der Waals surface area (Å²) in [5.74, 6) is 2.29. The van der Waals surface area contributed by atoms with Gasteiger partial charge in [0.25, 0.3) is 5.78 Å². The van der Waals surface area contributed by atoms with Crippen LogP contribution >= 0.6 is 0 Å². The van der Waals surface area contributed by atoms with Gasteiger partial charge in [0.05, 0.1) is 5.52 Å². The van der Waals surface area contributed by atoms with Crippen LogP contribution in [0.5, 0.6) is 0 Å². The van der Waals surface area contributed by atoms with Crippen LogP contribution < -0.4 is 5.32 Å². The van der Waals surface area contributed by atoms with Crippen molar-refractivity contribution in [1.29, 1.82) is 0 Å². The molecule has 0 aliphatic carbocycles. The summed E-state index contributed by atoms with van der Waals surface area (Å²) < 4.78 is 2.02. The molecule has 0 amide bonds. The van der Waals surface area contributed by atoms with Crippen molar-refractivity contribution in [2.75, 3.05) is 11.9 Å². The lowest BCUT2D eigenvalue weighted by molar-refractivity contribution is 0.970. The minimum absolute atomic E-state index is 0.612. The summed E-state index contributed by atoms with van der Waals surface area (Å²) in [5, 5.41) is 13.1. The number of rotatable bonds is 4. The molecule has 1 N–H and O–H groups in total. The quantitative estimate of drug-likeness (QED) is 0.623. The molecule has 2 heterocycles. The fraction of sp³-hybridized carbons (Fsp3) is 0.167. The van der Waals surface area contributed by atoms with Crippen molar-refractivity contribution < 1.29 is 0 Å². The van der Waals surface area contributed by atoms with Gasteiger partial charge in [-0.1, -0.05) is 49.4 Å². The lowest BCUT2D eigenvalue weighted by Crippen LogP contribution is -2.05. The number of hydrogen-bond acceptors (Lipinski definition) is 4. The molecule has 4 rings (SSSR count). The van der Waals surface area contributed by atoms with E-state index in [0.29, 0.717) is 5.78 Å². The Balaban J connectivity index is 2.02. The summed E-state index contributed by atoms with van der Waals surface area (Å²) in [6.07, 6.45) is 1.04. The molecule has 0 bridgehead atoms. The Kier molecular flexibility index (Phi) is 3.38. The zero-order valence-corrected chi connectivity index (χ0v) is 12.9. The first-order valence-corrected chi connectivity index (χ1v) is 7.81. The Morgan fingerprint density at radius 2 is 1.74 bits per heavy atom. The second-order valence-corrected chi connectivity index (χ2v) is 5.43. The van der Waals surface area contributed by atoms with Crippen molar-refractivity contribution in [3.05, 3.63) is 54.6 Å². The molecule has 2 aromatic carbocycles. The first kappa shape index (κ1) is 13.7. The Hall–Kier alpha value is -2.95. The standard InChI is InChI=1S/C18H17N5/c1-2-12-19-16-14-10-6-7-11-15(14)23-17(21-22-18(23)20-16)13-8-4-3-5-9-13/h3-11H,2,12H2,1H3,(H,19,20,22). The smallest absolute Gasteiger partial charge is 0.257 e. The van der Waals surface area contributed by atoms with Crippen molar-refractivity contribution in [3.63, 3.8) is 0 Å². The predicted molar refractivity (Wildman–Crippen MR) is 92.5 cm³/mol. The third kappa shape index (κ3) is 2.30. The van der Waals surface area contributed by atoms with E-state index in [-0.39, 0.29) is 0 Å². The number of fused-ring (bicyclic) bond motifs is 3. The summed E-state index contributed by atoms with van der Waals surface area (Å²) in [4.78, 5) is 4.67. The van der Waals surface area contributed by atoms with Crippen LogP contribution in [0.15, 0.2) is 54.6 Å². The molecular formula is C18H17N5. The van der Waals surface area contributed by atoms with Crippen LogP contribution in [-0.2, 0) is 0 Å². The van der Waals surface area contributed by atoms with Crippen molar-refractivity contribution in [3.8, 4) is 11.4 Å². The Bertz CT molecular complexity index is 959. The van der Waals surface area contributed by atoms with Crippen molar-refractivity contribution in [2.24, 2.45) is 0 Å². The van der Waals surface area contributed by atoms with E-state index in [4.69, 9.17) is 0 Å². The number of nitrogens with one attached hydrogen (secondary N) is 1. The van der Waals surface area contributed by atoms with Crippen LogP contribution in [0, 0.1) is 0 Å². The summed E-state index contributed by atoms with van der Waals surface area (Å²) in [5.41, 5.74) is 2.08. The van der Waals surface area contributed by atoms with Gasteiger partial charge in [-0.3, -0.25) is 4.40 Å². The van der Waals surface area contributed by atoms with E-state index < -0.39 is 0 Å². The summed E-state index contributed by atoms with van der Waals surface area (Å²) in [7, 11) is 0. The van der Waals surface area contributed by atoms with Gasteiger partial charge in [-0.05, 0) is 18.6 Å². The van der Waals surface area contributed by atoms with Crippen molar-refractivity contribution in [2.45, 2.75) is 13.3 Å². The second kappa shape index (κ2) is 5.68. The van der Waals surface area contributed by atoms with Crippen LogP contribution in [0.3, 0.4) is 0 Å². The molecule has 0 atom stereocenters. The molecule has 114 valence electrons. The molecule has 0 spiro atoms. The van der Waals surface area contributed by atoms with Gasteiger partial charge in [-0.2, -0.15) is 4.98 Å². The molecular weight excluding hydrogens is 286 g/mol. The maximum Gasteiger partial charge on any atom is 0.257 e. The van der Waals surface area contributed by atoms with E-state index in [1.807, 2.05) is 46.9 Å². The van der Waals surface area contributed by atoms with E-state index in [0.717, 1.165) is 41.1 Å². The Labute approximate surface area is 134 Å². The van der Waals surface area contributed by atoms with Crippen LogP contribution in [0.1, 0.15) is 13.3 Å². The fourth-order valence-corrected chi connectivity index (χ4v) is 2.75. The van der Waals surface area contributed by atoms with E-state index in [9.17, 15) is 0 Å². The summed E-state index contributed by atoms with van der Waals surface area (Å²) in [6, 6.07) is 18.3. The molecule has 0 aliphatic heterocycles. The maximum absolute atomic E-state index is 4.67. The highest BCUT2D eigenvalue weighted by molar-refractivity contribution is 5.92. The van der Waals surface area contributed by atoms with Crippen LogP contribution in [0.2, 0.25) is 0 Å². The molecule has 5 nitrogen and oxygen atoms in total. The molecule has 5 heteroatoms. The molecule has 0 saturated heterocycles. The monoisotopic (exact) mass is 303 g/mol. The van der Waals surface area contributed by atoms with Gasteiger partial charge < -0.3 is 5.32 Å². The molecule has 0 saturated carbocycles. The van der Waals surface area contributed by atoms with Gasteiger partial charge in [-0.25, -0.2) is 0 Å². The van der Waals surface area contributed by atoms with Crippen molar-refractivity contribution >= 4 is 22.5 Å².